The van der Waals surface area contributed by atoms with Gasteiger partial charge in [0, 0.05) is 30.7 Å². The molecule has 0 saturated carbocycles. The first-order chi connectivity index (χ1) is 13.5. The first-order valence-corrected chi connectivity index (χ1v) is 10.3. The van der Waals surface area contributed by atoms with Gasteiger partial charge in [-0.25, -0.2) is 4.98 Å². The van der Waals surface area contributed by atoms with E-state index in [-0.39, 0.29) is 5.54 Å². The topological polar surface area (TPSA) is 40.6 Å². The van der Waals surface area contributed by atoms with Gasteiger partial charge in [0.25, 0.3) is 0 Å². The van der Waals surface area contributed by atoms with Crippen molar-refractivity contribution in [3.05, 3.63) is 53.7 Å². The zero-order valence-corrected chi connectivity index (χ0v) is 17.6. The Morgan fingerprint density at radius 2 is 1.96 bits per heavy atom. The number of hydrogen-bond acceptors (Lipinski definition) is 4. The number of fused-ring (bicyclic) bond motifs is 2. The fraction of sp³-hybridized carbons (Fsp3) is 0.455. The van der Waals surface area contributed by atoms with Crippen molar-refractivity contribution in [2.75, 3.05) is 32.6 Å². The van der Waals surface area contributed by atoms with Gasteiger partial charge in [-0.1, -0.05) is 24.3 Å². The molecule has 4 rings (SSSR count). The van der Waals surface area contributed by atoms with Crippen LogP contribution >= 0.6 is 12.2 Å². The molecule has 3 heterocycles. The van der Waals surface area contributed by atoms with Gasteiger partial charge in [0.1, 0.15) is 0 Å². The second-order valence-corrected chi connectivity index (χ2v) is 8.25. The molecule has 1 unspecified atom stereocenters. The van der Waals surface area contributed by atoms with Crippen molar-refractivity contribution in [1.82, 2.24) is 14.8 Å². The minimum Gasteiger partial charge on any atom is -0.481 e. The minimum absolute atomic E-state index is 0.113. The fourth-order valence-electron chi connectivity index (χ4n) is 4.70. The first-order valence-electron chi connectivity index (χ1n) is 9.91. The number of benzene rings is 1. The van der Waals surface area contributed by atoms with E-state index in [0.717, 1.165) is 43.2 Å². The highest BCUT2D eigenvalue weighted by Crippen LogP contribution is 2.44. The molecule has 6 heteroatoms. The predicted octanol–water partition coefficient (Wildman–Crippen LogP) is 3.65. The van der Waals surface area contributed by atoms with Crippen molar-refractivity contribution in [3.8, 4) is 5.88 Å². The summed E-state index contributed by atoms with van der Waals surface area (Å²) in [4.78, 5) is 9.11. The van der Waals surface area contributed by atoms with Crippen molar-refractivity contribution in [3.63, 3.8) is 0 Å². The zero-order chi connectivity index (χ0) is 19.7. The lowest BCUT2D eigenvalue weighted by atomic mass is 9.73. The van der Waals surface area contributed by atoms with Crippen LogP contribution in [0.4, 0.5) is 5.69 Å². The van der Waals surface area contributed by atoms with Gasteiger partial charge in [0.05, 0.1) is 19.0 Å². The lowest BCUT2D eigenvalue weighted by Gasteiger charge is -2.53. The van der Waals surface area contributed by atoms with Crippen molar-refractivity contribution >= 4 is 23.0 Å². The number of hydrogen-bond donors (Lipinski definition) is 1. The summed E-state index contributed by atoms with van der Waals surface area (Å²) in [7, 11) is 3.90. The van der Waals surface area contributed by atoms with Gasteiger partial charge in [0.2, 0.25) is 5.88 Å². The highest BCUT2D eigenvalue weighted by molar-refractivity contribution is 7.80. The molecular weight excluding hydrogens is 368 g/mol. The van der Waals surface area contributed by atoms with Gasteiger partial charge < -0.3 is 15.0 Å². The monoisotopic (exact) mass is 396 g/mol. The number of likely N-dealkylation sites (tertiary alicyclic amines) is 1. The number of aromatic nitrogens is 1. The third-order valence-corrected chi connectivity index (χ3v) is 6.81. The highest BCUT2D eigenvalue weighted by Gasteiger charge is 2.45. The Hall–Kier alpha value is -2.18. The molecule has 5 nitrogen and oxygen atoms in total. The van der Waals surface area contributed by atoms with E-state index in [9.17, 15) is 0 Å². The molecule has 2 aliphatic rings. The van der Waals surface area contributed by atoms with Crippen LogP contribution in [0.5, 0.6) is 5.88 Å². The van der Waals surface area contributed by atoms with E-state index >= 15 is 0 Å². The first kappa shape index (κ1) is 19.2. The van der Waals surface area contributed by atoms with Crippen LogP contribution < -0.4 is 10.1 Å². The number of nitrogens with one attached hydrogen (secondary N) is 1. The Bertz CT molecular complexity index is 846. The minimum atomic E-state index is 0.113. The molecule has 1 spiro atoms. The van der Waals surface area contributed by atoms with E-state index in [1.54, 1.807) is 13.3 Å². The van der Waals surface area contributed by atoms with Crippen LogP contribution in [0.2, 0.25) is 0 Å². The molecule has 1 saturated heterocycles. The van der Waals surface area contributed by atoms with E-state index in [0.29, 0.717) is 11.9 Å². The van der Waals surface area contributed by atoms with Crippen LogP contribution in [0.25, 0.3) is 0 Å². The highest BCUT2D eigenvalue weighted by atomic mass is 32.1. The maximum absolute atomic E-state index is 5.68. The van der Waals surface area contributed by atoms with Gasteiger partial charge in [-0.15, -0.1) is 0 Å². The number of likely N-dealkylation sites (N-methyl/N-ethyl adjacent to an activating group) is 1. The quantitative estimate of drug-likeness (QED) is 0.782. The molecule has 1 atom stereocenters. The smallest absolute Gasteiger partial charge is 0.213 e. The van der Waals surface area contributed by atoms with Crippen LogP contribution in [0, 0.1) is 0 Å². The molecule has 148 valence electrons. The number of piperidine rings is 1. The number of methoxy groups -OCH3 is 1. The molecule has 0 aliphatic carbocycles. The molecular formula is C22H28N4OS. The average molecular weight is 397 g/mol. The van der Waals surface area contributed by atoms with Crippen LogP contribution in [0.15, 0.2) is 42.6 Å². The van der Waals surface area contributed by atoms with E-state index < -0.39 is 0 Å². The van der Waals surface area contributed by atoms with Crippen molar-refractivity contribution < 1.29 is 4.74 Å². The number of thiocarbonyl (C=S) groups is 1. The van der Waals surface area contributed by atoms with Crippen LogP contribution in [0.1, 0.15) is 30.9 Å². The lowest BCUT2D eigenvalue weighted by molar-refractivity contribution is 0.0157. The van der Waals surface area contributed by atoms with Crippen LogP contribution in [-0.4, -0.2) is 53.2 Å². The molecule has 1 aromatic heterocycles. The van der Waals surface area contributed by atoms with Gasteiger partial charge in [-0.05, 0) is 62.6 Å². The molecule has 0 amide bonds. The number of anilines is 1. The van der Waals surface area contributed by atoms with Gasteiger partial charge >= 0.3 is 0 Å². The second kappa shape index (κ2) is 7.68. The average Bonchev–Trinajstić information content (AvgIpc) is 2.73. The summed E-state index contributed by atoms with van der Waals surface area (Å²) >= 11 is 5.68. The maximum Gasteiger partial charge on any atom is 0.213 e. The molecule has 0 radical (unpaired) electrons. The van der Waals surface area contributed by atoms with Crippen molar-refractivity contribution in [2.45, 2.75) is 37.8 Å². The van der Waals surface area contributed by atoms with E-state index in [1.807, 2.05) is 12.1 Å². The summed E-state index contributed by atoms with van der Waals surface area (Å²) in [5, 5.41) is 4.08. The Balaban J connectivity index is 1.47. The lowest BCUT2D eigenvalue weighted by Crippen LogP contribution is -2.58. The second-order valence-electron chi connectivity index (χ2n) is 7.86. The Morgan fingerprint density at radius 1 is 1.21 bits per heavy atom. The van der Waals surface area contributed by atoms with Gasteiger partial charge in [0.15, 0.2) is 5.11 Å². The third kappa shape index (κ3) is 3.35. The van der Waals surface area contributed by atoms with Gasteiger partial charge in [-0.3, -0.25) is 4.90 Å². The number of rotatable bonds is 2. The SMILES string of the molecule is COc1ccc(NC(=S)N2CCC3(CC2)c2ccccc2CC(C)N3C)cn1. The third-order valence-electron chi connectivity index (χ3n) is 6.44. The number of pyridine rings is 1. The molecule has 0 bridgehead atoms. The Morgan fingerprint density at radius 3 is 2.64 bits per heavy atom. The summed E-state index contributed by atoms with van der Waals surface area (Å²) in [5.74, 6) is 0.601. The number of ether oxygens (including phenoxy) is 1. The summed E-state index contributed by atoms with van der Waals surface area (Å²) < 4.78 is 5.11. The van der Waals surface area contributed by atoms with Crippen LogP contribution in [-0.2, 0) is 12.0 Å². The van der Waals surface area contributed by atoms with Crippen LogP contribution in [0.3, 0.4) is 0 Å². The molecule has 1 aromatic carbocycles. The normalized spacial score (nSPS) is 21.2. The number of nitrogens with zero attached hydrogens (tertiary/aromatic N) is 3. The molecule has 2 aliphatic heterocycles. The van der Waals surface area contributed by atoms with Crippen molar-refractivity contribution in [2.24, 2.45) is 0 Å². The zero-order valence-electron chi connectivity index (χ0n) is 16.8. The fourth-order valence-corrected chi connectivity index (χ4v) is 5.00. The summed E-state index contributed by atoms with van der Waals surface area (Å²) in [6.07, 6.45) is 5.03. The van der Waals surface area contributed by atoms with Gasteiger partial charge in [-0.2, -0.15) is 0 Å². The molecule has 1 N–H and O–H groups in total. The molecule has 2 aromatic rings. The Labute approximate surface area is 172 Å². The van der Waals surface area contributed by atoms with E-state index in [2.05, 4.69) is 58.3 Å². The summed E-state index contributed by atoms with van der Waals surface area (Å²) in [6, 6.07) is 13.3. The standard InChI is InChI=1S/C22H28N4OS/c1-16-14-17-6-4-5-7-19(17)22(25(16)2)10-12-26(13-11-22)21(28)24-18-8-9-20(27-3)23-15-18/h4-9,15-16H,10-14H2,1-3H3,(H,24,28). The largest absolute Gasteiger partial charge is 0.481 e. The molecule has 28 heavy (non-hydrogen) atoms. The van der Waals surface area contributed by atoms with E-state index in [1.165, 1.54) is 11.1 Å². The predicted molar refractivity (Wildman–Crippen MR) is 117 cm³/mol. The van der Waals surface area contributed by atoms with Crippen molar-refractivity contribution in [1.29, 1.82) is 0 Å². The van der Waals surface area contributed by atoms with E-state index in [4.69, 9.17) is 17.0 Å². The molecule has 1 fully saturated rings. The summed E-state index contributed by atoms with van der Waals surface area (Å²) in [5.41, 5.74) is 4.02. The maximum atomic E-state index is 5.68. The Kier molecular flexibility index (Phi) is 5.25. The summed E-state index contributed by atoms with van der Waals surface area (Å²) in [6.45, 7) is 4.23.